The van der Waals surface area contributed by atoms with Crippen molar-refractivity contribution < 1.29 is 4.79 Å². The van der Waals surface area contributed by atoms with Crippen molar-refractivity contribution in [2.24, 2.45) is 10.7 Å². The standard InChI is InChI=1S/C20H22Cl2N4O/c1-13(17-7-6-16(21)10-18(17)22)25-20(23)24-11-19(27)26-9-8-14-4-2-3-5-15(14)12-26/h2-7,10,13H,8-9,11-12H2,1H3,(H3,23,24,25). The van der Waals surface area contributed by atoms with Crippen molar-refractivity contribution in [3.63, 3.8) is 0 Å². The van der Waals surface area contributed by atoms with Gasteiger partial charge in [0.2, 0.25) is 5.91 Å². The normalized spacial score (nSPS) is 15.2. The van der Waals surface area contributed by atoms with Crippen molar-refractivity contribution in [3.8, 4) is 0 Å². The van der Waals surface area contributed by atoms with Gasteiger partial charge in [-0.25, -0.2) is 4.99 Å². The zero-order valence-corrected chi connectivity index (χ0v) is 16.6. The van der Waals surface area contributed by atoms with E-state index in [0.717, 1.165) is 12.0 Å². The van der Waals surface area contributed by atoms with E-state index >= 15 is 0 Å². The first-order chi connectivity index (χ1) is 12.9. The minimum absolute atomic E-state index is 0.0159. The van der Waals surface area contributed by atoms with Gasteiger partial charge in [0.25, 0.3) is 0 Å². The number of nitrogens with two attached hydrogens (primary N) is 1. The third kappa shape index (κ3) is 4.93. The highest BCUT2D eigenvalue weighted by atomic mass is 35.5. The van der Waals surface area contributed by atoms with Gasteiger partial charge < -0.3 is 16.0 Å². The first-order valence-electron chi connectivity index (χ1n) is 8.80. The minimum Gasteiger partial charge on any atom is -0.370 e. The number of nitrogens with zero attached hydrogens (tertiary/aromatic N) is 2. The number of fused-ring (bicyclic) bond motifs is 1. The van der Waals surface area contributed by atoms with Gasteiger partial charge in [-0.2, -0.15) is 0 Å². The fourth-order valence-corrected chi connectivity index (χ4v) is 3.73. The summed E-state index contributed by atoms with van der Waals surface area (Å²) < 4.78 is 0. The summed E-state index contributed by atoms with van der Waals surface area (Å²) in [4.78, 5) is 18.5. The number of rotatable bonds is 4. The van der Waals surface area contributed by atoms with Gasteiger partial charge in [-0.05, 0) is 42.2 Å². The molecule has 1 heterocycles. The third-order valence-electron chi connectivity index (χ3n) is 4.66. The smallest absolute Gasteiger partial charge is 0.244 e. The lowest BCUT2D eigenvalue weighted by Crippen LogP contribution is -2.39. The van der Waals surface area contributed by atoms with Crippen molar-refractivity contribution in [1.82, 2.24) is 10.2 Å². The molecule has 27 heavy (non-hydrogen) atoms. The maximum Gasteiger partial charge on any atom is 0.244 e. The second-order valence-electron chi connectivity index (χ2n) is 6.57. The summed E-state index contributed by atoms with van der Waals surface area (Å²) in [5.74, 6) is 0.172. The Morgan fingerprint density at radius 3 is 2.74 bits per heavy atom. The summed E-state index contributed by atoms with van der Waals surface area (Å²) in [7, 11) is 0. The number of hydrogen-bond donors (Lipinski definition) is 2. The molecule has 1 atom stereocenters. The van der Waals surface area contributed by atoms with Crippen LogP contribution in [0.25, 0.3) is 0 Å². The highest BCUT2D eigenvalue weighted by Gasteiger charge is 2.20. The molecule has 0 aliphatic carbocycles. The van der Waals surface area contributed by atoms with E-state index in [1.807, 2.05) is 30.0 Å². The van der Waals surface area contributed by atoms with E-state index in [4.69, 9.17) is 28.9 Å². The van der Waals surface area contributed by atoms with Gasteiger partial charge in [0.1, 0.15) is 6.54 Å². The summed E-state index contributed by atoms with van der Waals surface area (Å²) in [6.07, 6.45) is 0.867. The molecular weight excluding hydrogens is 383 g/mol. The van der Waals surface area contributed by atoms with Gasteiger partial charge in [-0.3, -0.25) is 4.79 Å². The van der Waals surface area contributed by atoms with Crippen molar-refractivity contribution in [3.05, 3.63) is 69.2 Å². The number of carbonyl (C=O) groups excluding carboxylic acids is 1. The quantitative estimate of drug-likeness (QED) is 0.604. The maximum atomic E-state index is 12.5. The molecule has 0 saturated carbocycles. The monoisotopic (exact) mass is 404 g/mol. The minimum atomic E-state index is -0.157. The van der Waals surface area contributed by atoms with Crippen LogP contribution in [0.2, 0.25) is 10.0 Å². The Balaban J connectivity index is 1.56. The van der Waals surface area contributed by atoms with E-state index in [1.54, 1.807) is 12.1 Å². The Labute approximate surface area is 169 Å². The lowest BCUT2D eigenvalue weighted by Gasteiger charge is -2.28. The van der Waals surface area contributed by atoms with Crippen LogP contribution in [0.1, 0.15) is 29.7 Å². The van der Waals surface area contributed by atoms with E-state index in [1.165, 1.54) is 11.1 Å². The van der Waals surface area contributed by atoms with Crippen LogP contribution in [-0.4, -0.2) is 29.9 Å². The molecule has 1 aliphatic rings. The van der Waals surface area contributed by atoms with Crippen molar-refractivity contribution in [2.45, 2.75) is 25.9 Å². The summed E-state index contributed by atoms with van der Waals surface area (Å²) >= 11 is 12.1. The summed E-state index contributed by atoms with van der Waals surface area (Å²) in [6, 6.07) is 13.3. The van der Waals surface area contributed by atoms with Crippen LogP contribution in [0.3, 0.4) is 0 Å². The summed E-state index contributed by atoms with van der Waals surface area (Å²) in [5.41, 5.74) is 9.30. The zero-order valence-electron chi connectivity index (χ0n) is 15.1. The van der Waals surface area contributed by atoms with Gasteiger partial charge in [0.15, 0.2) is 5.96 Å². The van der Waals surface area contributed by atoms with Gasteiger partial charge >= 0.3 is 0 Å². The average molecular weight is 405 g/mol. The molecule has 2 aromatic carbocycles. The van der Waals surface area contributed by atoms with Crippen molar-refractivity contribution in [1.29, 1.82) is 0 Å². The topological polar surface area (TPSA) is 70.7 Å². The molecule has 3 rings (SSSR count). The van der Waals surface area contributed by atoms with E-state index in [-0.39, 0.29) is 24.5 Å². The second kappa shape index (κ2) is 8.63. The number of halogens is 2. The molecule has 1 amide bonds. The molecule has 7 heteroatoms. The molecule has 1 unspecified atom stereocenters. The Morgan fingerprint density at radius 2 is 2.00 bits per heavy atom. The molecule has 0 bridgehead atoms. The fourth-order valence-electron chi connectivity index (χ4n) is 3.16. The number of benzene rings is 2. The van der Waals surface area contributed by atoms with Crippen LogP contribution in [0.5, 0.6) is 0 Å². The zero-order chi connectivity index (χ0) is 19.4. The number of aliphatic imine (C=N–C) groups is 1. The average Bonchev–Trinajstić information content (AvgIpc) is 2.65. The van der Waals surface area contributed by atoms with Gasteiger partial charge in [0.05, 0.1) is 6.04 Å². The van der Waals surface area contributed by atoms with Crippen LogP contribution < -0.4 is 11.1 Å². The van der Waals surface area contributed by atoms with E-state index < -0.39 is 0 Å². The number of amides is 1. The fraction of sp³-hybridized carbons (Fsp3) is 0.300. The molecule has 0 radical (unpaired) electrons. The molecule has 0 fully saturated rings. The molecule has 3 N–H and O–H groups in total. The molecule has 0 saturated heterocycles. The molecule has 2 aromatic rings. The van der Waals surface area contributed by atoms with Crippen LogP contribution in [0.15, 0.2) is 47.5 Å². The van der Waals surface area contributed by atoms with Crippen molar-refractivity contribution in [2.75, 3.05) is 13.1 Å². The van der Waals surface area contributed by atoms with E-state index in [2.05, 4.69) is 22.4 Å². The molecule has 5 nitrogen and oxygen atoms in total. The predicted octanol–water partition coefficient (Wildman–Crippen LogP) is 3.54. The van der Waals surface area contributed by atoms with Gasteiger partial charge in [-0.15, -0.1) is 0 Å². The number of carbonyl (C=O) groups is 1. The highest BCUT2D eigenvalue weighted by Crippen LogP contribution is 2.26. The number of hydrogen-bond acceptors (Lipinski definition) is 2. The Hall–Kier alpha value is -2.24. The molecule has 142 valence electrons. The third-order valence-corrected chi connectivity index (χ3v) is 5.22. The maximum absolute atomic E-state index is 12.5. The first-order valence-corrected chi connectivity index (χ1v) is 9.55. The SMILES string of the molecule is CC(NC(N)=NCC(=O)N1CCc2ccccc2C1)c1ccc(Cl)cc1Cl. The van der Waals surface area contributed by atoms with Crippen LogP contribution in [0, 0.1) is 0 Å². The molecule has 0 aromatic heterocycles. The first kappa shape index (κ1) is 19.5. The highest BCUT2D eigenvalue weighted by molar-refractivity contribution is 6.35. The second-order valence-corrected chi connectivity index (χ2v) is 7.41. The van der Waals surface area contributed by atoms with Crippen molar-refractivity contribution >= 4 is 35.1 Å². The molecule has 0 spiro atoms. The van der Waals surface area contributed by atoms with Crippen LogP contribution in [0.4, 0.5) is 0 Å². The van der Waals surface area contributed by atoms with Crippen LogP contribution in [-0.2, 0) is 17.8 Å². The van der Waals surface area contributed by atoms with Crippen LogP contribution >= 0.6 is 23.2 Å². The summed E-state index contributed by atoms with van der Waals surface area (Å²) in [6.45, 7) is 3.26. The Kier molecular flexibility index (Phi) is 6.24. The van der Waals surface area contributed by atoms with Gasteiger partial charge in [0, 0.05) is 23.1 Å². The van der Waals surface area contributed by atoms with E-state index in [0.29, 0.717) is 23.1 Å². The lowest BCUT2D eigenvalue weighted by molar-refractivity contribution is -0.130. The Morgan fingerprint density at radius 1 is 1.26 bits per heavy atom. The van der Waals surface area contributed by atoms with E-state index in [9.17, 15) is 4.79 Å². The number of nitrogens with one attached hydrogen (secondary N) is 1. The largest absolute Gasteiger partial charge is 0.370 e. The lowest BCUT2D eigenvalue weighted by atomic mass is 10.00. The molecule has 1 aliphatic heterocycles. The summed E-state index contributed by atoms with van der Waals surface area (Å²) in [5, 5.41) is 4.19. The molecular formula is C20H22Cl2N4O. The number of guanidine groups is 1. The predicted molar refractivity (Wildman–Crippen MR) is 110 cm³/mol. The van der Waals surface area contributed by atoms with Gasteiger partial charge in [-0.1, -0.05) is 53.5 Å². The Bertz CT molecular complexity index is 869.